The standard InChI is InChI=1S/C28H23ClFN3O4/c1-32-23-13-17(27(34)35)5-8-22(23)31-25(32)15-33-11-9-16(10-12-33)19-3-2-4-24-26(19)37-28(36-24)20-7-6-18(29)14-21(20)30/h2-9,13-14,28H,10-12,15H2,1H3,(H,34,35). The number of para-hydroxylation sites is 1. The molecule has 188 valence electrons. The SMILES string of the molecule is Cn1c(CN2CC=C(c3cccc4c3OC(c3ccc(Cl)cc3F)O4)CC2)nc2ccc(C(=O)O)cc21. The van der Waals surface area contributed by atoms with Crippen molar-refractivity contribution in [2.45, 2.75) is 19.3 Å². The van der Waals surface area contributed by atoms with E-state index in [9.17, 15) is 14.3 Å². The van der Waals surface area contributed by atoms with Crippen molar-refractivity contribution in [2.75, 3.05) is 13.1 Å². The highest BCUT2D eigenvalue weighted by atomic mass is 35.5. The van der Waals surface area contributed by atoms with E-state index in [1.807, 2.05) is 29.8 Å². The Hall–Kier alpha value is -3.88. The van der Waals surface area contributed by atoms with Gasteiger partial charge in [-0.25, -0.2) is 14.2 Å². The largest absolute Gasteiger partial charge is 0.478 e. The van der Waals surface area contributed by atoms with Crippen LogP contribution < -0.4 is 9.47 Å². The van der Waals surface area contributed by atoms with E-state index in [0.717, 1.165) is 47.5 Å². The molecule has 2 aliphatic heterocycles. The fraction of sp³-hybridized carbons (Fsp3) is 0.214. The Balaban J connectivity index is 1.19. The molecule has 1 atom stereocenters. The number of aryl methyl sites for hydroxylation is 1. The zero-order chi connectivity index (χ0) is 25.7. The number of carbonyl (C=O) groups is 1. The van der Waals surface area contributed by atoms with E-state index in [1.54, 1.807) is 30.3 Å². The molecular weight excluding hydrogens is 497 g/mol. The highest BCUT2D eigenvalue weighted by Crippen LogP contribution is 2.46. The lowest BCUT2D eigenvalue weighted by Gasteiger charge is -2.26. The van der Waals surface area contributed by atoms with Gasteiger partial charge in [-0.3, -0.25) is 4.90 Å². The molecule has 1 unspecified atom stereocenters. The van der Waals surface area contributed by atoms with Crippen LogP contribution in [0, 0.1) is 5.82 Å². The van der Waals surface area contributed by atoms with Crippen LogP contribution in [0.5, 0.6) is 11.5 Å². The molecule has 0 saturated carbocycles. The predicted molar refractivity (Wildman–Crippen MR) is 137 cm³/mol. The number of halogens is 2. The summed E-state index contributed by atoms with van der Waals surface area (Å²) >= 11 is 5.89. The molecule has 0 amide bonds. The molecule has 3 aromatic carbocycles. The van der Waals surface area contributed by atoms with E-state index >= 15 is 0 Å². The fourth-order valence-electron chi connectivity index (χ4n) is 4.86. The van der Waals surface area contributed by atoms with Crippen LogP contribution in [-0.2, 0) is 13.6 Å². The Morgan fingerprint density at radius 3 is 2.81 bits per heavy atom. The van der Waals surface area contributed by atoms with Crippen LogP contribution in [0.2, 0.25) is 5.02 Å². The molecule has 37 heavy (non-hydrogen) atoms. The van der Waals surface area contributed by atoms with Gasteiger partial charge in [0.05, 0.1) is 28.7 Å². The number of ether oxygens (including phenoxy) is 2. The van der Waals surface area contributed by atoms with Crippen molar-refractivity contribution in [3.63, 3.8) is 0 Å². The Labute approximate surface area is 217 Å². The maximum atomic E-state index is 14.5. The number of fused-ring (bicyclic) bond motifs is 2. The third kappa shape index (κ3) is 4.32. The topological polar surface area (TPSA) is 76.8 Å². The molecule has 9 heteroatoms. The van der Waals surface area contributed by atoms with Crippen LogP contribution in [0.25, 0.3) is 16.6 Å². The first-order valence-corrected chi connectivity index (χ1v) is 12.3. The molecule has 7 nitrogen and oxygen atoms in total. The number of imidazole rings is 1. The number of rotatable bonds is 5. The van der Waals surface area contributed by atoms with Gasteiger partial charge in [0.15, 0.2) is 11.5 Å². The lowest BCUT2D eigenvalue weighted by atomic mass is 9.98. The summed E-state index contributed by atoms with van der Waals surface area (Å²) in [6, 6.07) is 15.2. The van der Waals surface area contributed by atoms with E-state index in [1.165, 1.54) is 6.07 Å². The maximum absolute atomic E-state index is 14.5. The van der Waals surface area contributed by atoms with Crippen molar-refractivity contribution in [1.82, 2.24) is 14.5 Å². The number of hydrogen-bond donors (Lipinski definition) is 1. The molecule has 0 fully saturated rings. The molecule has 0 spiro atoms. The van der Waals surface area contributed by atoms with Crippen molar-refractivity contribution < 1.29 is 23.8 Å². The van der Waals surface area contributed by atoms with E-state index in [-0.39, 0.29) is 5.56 Å². The van der Waals surface area contributed by atoms with Gasteiger partial charge in [0, 0.05) is 30.7 Å². The summed E-state index contributed by atoms with van der Waals surface area (Å²) in [5.41, 5.74) is 4.21. The van der Waals surface area contributed by atoms with Gasteiger partial charge < -0.3 is 19.1 Å². The van der Waals surface area contributed by atoms with Crippen molar-refractivity contribution in [2.24, 2.45) is 7.05 Å². The first-order valence-electron chi connectivity index (χ1n) is 11.9. The lowest BCUT2D eigenvalue weighted by Crippen LogP contribution is -2.29. The van der Waals surface area contributed by atoms with Gasteiger partial charge in [0.2, 0.25) is 0 Å². The Kier molecular flexibility index (Phi) is 5.85. The van der Waals surface area contributed by atoms with Gasteiger partial charge in [0.25, 0.3) is 6.29 Å². The summed E-state index contributed by atoms with van der Waals surface area (Å²) in [7, 11) is 1.91. The first kappa shape index (κ1) is 23.5. The average molecular weight is 520 g/mol. The van der Waals surface area contributed by atoms with Crippen LogP contribution in [-0.4, -0.2) is 38.6 Å². The zero-order valence-electron chi connectivity index (χ0n) is 19.9. The molecule has 0 saturated heterocycles. The lowest BCUT2D eigenvalue weighted by molar-refractivity contribution is 0.0452. The highest BCUT2D eigenvalue weighted by molar-refractivity contribution is 6.30. The van der Waals surface area contributed by atoms with Gasteiger partial charge in [-0.2, -0.15) is 0 Å². The van der Waals surface area contributed by atoms with Crippen LogP contribution in [0.15, 0.2) is 60.7 Å². The van der Waals surface area contributed by atoms with Gasteiger partial charge in [-0.1, -0.05) is 29.8 Å². The van der Waals surface area contributed by atoms with E-state index in [0.29, 0.717) is 28.6 Å². The summed E-state index contributed by atoms with van der Waals surface area (Å²) < 4.78 is 28.4. The molecule has 4 aromatic rings. The summed E-state index contributed by atoms with van der Waals surface area (Å²) in [5.74, 6) is 0.650. The first-order chi connectivity index (χ1) is 17.9. The molecule has 1 aromatic heterocycles. The monoisotopic (exact) mass is 519 g/mol. The fourth-order valence-corrected chi connectivity index (χ4v) is 5.02. The summed E-state index contributed by atoms with van der Waals surface area (Å²) in [6.07, 6.45) is 2.10. The average Bonchev–Trinajstić information content (AvgIpc) is 3.45. The third-order valence-corrected chi connectivity index (χ3v) is 7.11. The minimum Gasteiger partial charge on any atom is -0.478 e. The van der Waals surface area contributed by atoms with Crippen LogP contribution in [0.1, 0.15) is 40.0 Å². The van der Waals surface area contributed by atoms with Crippen molar-refractivity contribution in [3.8, 4) is 11.5 Å². The van der Waals surface area contributed by atoms with E-state index < -0.39 is 18.1 Å². The molecular formula is C28H23ClFN3O4. The van der Waals surface area contributed by atoms with Crippen molar-refractivity contribution in [1.29, 1.82) is 0 Å². The predicted octanol–water partition coefficient (Wildman–Crippen LogP) is 5.82. The number of hydrogen-bond acceptors (Lipinski definition) is 5. The summed E-state index contributed by atoms with van der Waals surface area (Å²) in [5, 5.41) is 9.61. The van der Waals surface area contributed by atoms with Gasteiger partial charge in [0.1, 0.15) is 11.6 Å². The smallest absolute Gasteiger partial charge is 0.335 e. The molecule has 0 bridgehead atoms. The number of nitrogens with zero attached hydrogens (tertiary/aromatic N) is 3. The summed E-state index contributed by atoms with van der Waals surface area (Å²) in [6.45, 7) is 2.18. The zero-order valence-corrected chi connectivity index (χ0v) is 20.7. The third-order valence-electron chi connectivity index (χ3n) is 6.88. The normalized spacial score (nSPS) is 17.3. The minimum atomic E-state index is -0.954. The van der Waals surface area contributed by atoms with Gasteiger partial charge in [-0.05, 0) is 54.5 Å². The quantitative estimate of drug-likeness (QED) is 0.358. The number of aromatic carboxylic acids is 1. The van der Waals surface area contributed by atoms with E-state index in [2.05, 4.69) is 11.0 Å². The Bertz CT molecular complexity index is 1580. The number of benzene rings is 3. The second-order valence-corrected chi connectivity index (χ2v) is 9.61. The van der Waals surface area contributed by atoms with Crippen LogP contribution in [0.3, 0.4) is 0 Å². The molecule has 0 radical (unpaired) electrons. The number of carboxylic acids is 1. The molecule has 0 aliphatic carbocycles. The number of carboxylic acid groups (broad SMARTS) is 1. The maximum Gasteiger partial charge on any atom is 0.335 e. The van der Waals surface area contributed by atoms with Crippen molar-refractivity contribution >= 4 is 34.2 Å². The highest BCUT2D eigenvalue weighted by Gasteiger charge is 2.31. The Morgan fingerprint density at radius 2 is 2.05 bits per heavy atom. The molecule has 2 aliphatic rings. The van der Waals surface area contributed by atoms with Crippen molar-refractivity contribution in [3.05, 3.63) is 94.0 Å². The van der Waals surface area contributed by atoms with E-state index in [4.69, 9.17) is 26.1 Å². The summed E-state index contributed by atoms with van der Waals surface area (Å²) in [4.78, 5) is 18.3. The molecule has 3 heterocycles. The Morgan fingerprint density at radius 1 is 1.19 bits per heavy atom. The second kappa shape index (κ2) is 9.21. The number of aromatic nitrogens is 2. The molecule has 1 N–H and O–H groups in total. The van der Waals surface area contributed by atoms with Gasteiger partial charge >= 0.3 is 5.97 Å². The minimum absolute atomic E-state index is 0.246. The second-order valence-electron chi connectivity index (χ2n) is 9.18. The van der Waals surface area contributed by atoms with Crippen LogP contribution >= 0.6 is 11.6 Å². The van der Waals surface area contributed by atoms with Crippen LogP contribution in [0.4, 0.5) is 4.39 Å². The van der Waals surface area contributed by atoms with Gasteiger partial charge in [-0.15, -0.1) is 0 Å². The molecule has 6 rings (SSSR count).